The van der Waals surface area contributed by atoms with Crippen molar-refractivity contribution in [2.45, 2.75) is 13.0 Å². The Morgan fingerprint density at radius 2 is 2.06 bits per heavy atom. The number of anilines is 3. The third-order valence-corrected chi connectivity index (χ3v) is 5.67. The molecule has 13 nitrogen and oxygen atoms in total. The van der Waals surface area contributed by atoms with Crippen LogP contribution in [-0.4, -0.2) is 86.8 Å². The van der Waals surface area contributed by atoms with Crippen molar-refractivity contribution in [3.63, 3.8) is 0 Å². The van der Waals surface area contributed by atoms with E-state index in [0.717, 1.165) is 0 Å². The molecule has 0 aliphatic carbocycles. The Bertz CT molecular complexity index is 1250. The van der Waals surface area contributed by atoms with Crippen LogP contribution in [0.3, 0.4) is 0 Å². The molecule has 3 amide bonds. The van der Waals surface area contributed by atoms with Gasteiger partial charge in [0.05, 0.1) is 36.7 Å². The number of aromatic nitrogens is 5. The number of methoxy groups -OCH3 is 1. The SMILES string of the molecule is CNC(=O)c1nnc(N2CCN(C(C)CO)C2=O)cc1Nc1cccc(-c2ncn(C)n2)c1OC. The quantitative estimate of drug-likeness (QED) is 0.428. The molecule has 2 aromatic heterocycles. The summed E-state index contributed by atoms with van der Waals surface area (Å²) in [4.78, 5) is 32.7. The summed E-state index contributed by atoms with van der Waals surface area (Å²) in [5.74, 6) is 0.782. The zero-order valence-electron chi connectivity index (χ0n) is 19.9. The van der Waals surface area contributed by atoms with Gasteiger partial charge < -0.3 is 25.4 Å². The molecular weight excluding hydrogens is 454 g/mol. The number of rotatable bonds is 8. The molecule has 0 spiro atoms. The van der Waals surface area contributed by atoms with Gasteiger partial charge in [0.25, 0.3) is 5.91 Å². The van der Waals surface area contributed by atoms with Crippen LogP contribution >= 0.6 is 0 Å². The number of para-hydroxylation sites is 1. The van der Waals surface area contributed by atoms with Crippen molar-refractivity contribution >= 4 is 29.1 Å². The number of hydrogen-bond acceptors (Lipinski definition) is 9. The molecule has 0 saturated carbocycles. The molecule has 3 heterocycles. The molecule has 184 valence electrons. The van der Waals surface area contributed by atoms with Crippen LogP contribution in [0.4, 0.5) is 22.0 Å². The highest BCUT2D eigenvalue weighted by Gasteiger charge is 2.34. The number of nitrogens with one attached hydrogen (secondary N) is 2. The Kier molecular flexibility index (Phi) is 6.78. The lowest BCUT2D eigenvalue weighted by molar-refractivity contribution is 0.0958. The number of carbonyl (C=O) groups excluding carboxylic acids is 2. The number of hydrogen-bond donors (Lipinski definition) is 3. The van der Waals surface area contributed by atoms with Gasteiger partial charge in [-0.2, -0.15) is 5.10 Å². The molecule has 1 aliphatic heterocycles. The second-order valence-corrected chi connectivity index (χ2v) is 7.96. The van der Waals surface area contributed by atoms with E-state index < -0.39 is 5.91 Å². The van der Waals surface area contributed by atoms with Crippen molar-refractivity contribution in [3.8, 4) is 17.1 Å². The number of urea groups is 1. The summed E-state index contributed by atoms with van der Waals surface area (Å²) >= 11 is 0. The van der Waals surface area contributed by atoms with Crippen LogP contribution in [0.5, 0.6) is 5.75 Å². The molecule has 3 aromatic rings. The molecule has 0 bridgehead atoms. The molecule has 13 heteroatoms. The van der Waals surface area contributed by atoms with Crippen LogP contribution in [0.25, 0.3) is 11.4 Å². The molecule has 1 unspecified atom stereocenters. The summed E-state index contributed by atoms with van der Waals surface area (Å²) in [5, 5.41) is 27.8. The number of ether oxygens (including phenoxy) is 1. The normalized spacial score (nSPS) is 14.3. The van der Waals surface area contributed by atoms with E-state index in [1.165, 1.54) is 19.1 Å². The molecule has 35 heavy (non-hydrogen) atoms. The number of aryl methyl sites for hydroxylation is 1. The van der Waals surface area contributed by atoms with Gasteiger partial charge >= 0.3 is 6.03 Å². The third kappa shape index (κ3) is 4.57. The van der Waals surface area contributed by atoms with Crippen LogP contribution < -0.4 is 20.3 Å². The van der Waals surface area contributed by atoms with E-state index in [4.69, 9.17) is 4.74 Å². The maximum Gasteiger partial charge on any atom is 0.326 e. The van der Waals surface area contributed by atoms with Gasteiger partial charge in [0, 0.05) is 33.3 Å². The Labute approximate surface area is 201 Å². The minimum Gasteiger partial charge on any atom is -0.494 e. The van der Waals surface area contributed by atoms with Gasteiger partial charge in [0.2, 0.25) is 0 Å². The number of carbonyl (C=O) groups is 2. The average Bonchev–Trinajstić information content (AvgIpc) is 3.48. The van der Waals surface area contributed by atoms with Gasteiger partial charge in [-0.15, -0.1) is 10.2 Å². The summed E-state index contributed by atoms with van der Waals surface area (Å²) in [6.07, 6.45) is 1.59. The lowest BCUT2D eigenvalue weighted by atomic mass is 10.1. The van der Waals surface area contributed by atoms with Crippen LogP contribution in [-0.2, 0) is 7.05 Å². The molecule has 1 aliphatic rings. The Morgan fingerprint density at radius 3 is 2.71 bits per heavy atom. The number of benzene rings is 1. The van der Waals surface area contributed by atoms with E-state index in [0.29, 0.717) is 41.6 Å². The zero-order valence-corrected chi connectivity index (χ0v) is 19.9. The predicted octanol–water partition coefficient (Wildman–Crippen LogP) is 1.01. The fourth-order valence-electron chi connectivity index (χ4n) is 3.81. The lowest BCUT2D eigenvalue weighted by Gasteiger charge is -2.23. The van der Waals surface area contributed by atoms with E-state index >= 15 is 0 Å². The highest BCUT2D eigenvalue weighted by molar-refractivity contribution is 6.00. The first kappa shape index (κ1) is 23.9. The Morgan fingerprint density at radius 1 is 1.26 bits per heavy atom. The van der Waals surface area contributed by atoms with E-state index in [9.17, 15) is 14.7 Å². The molecule has 0 radical (unpaired) electrons. The summed E-state index contributed by atoms with van der Waals surface area (Å²) < 4.78 is 7.24. The van der Waals surface area contributed by atoms with E-state index in [1.807, 2.05) is 12.1 Å². The number of aliphatic hydroxyl groups is 1. The first-order valence-corrected chi connectivity index (χ1v) is 11.0. The minimum atomic E-state index is -0.448. The fourth-order valence-corrected chi connectivity index (χ4v) is 3.81. The van der Waals surface area contributed by atoms with Crippen molar-refractivity contribution in [3.05, 3.63) is 36.3 Å². The maximum atomic E-state index is 12.9. The highest BCUT2D eigenvalue weighted by Crippen LogP contribution is 2.37. The van der Waals surface area contributed by atoms with Crippen molar-refractivity contribution in [2.24, 2.45) is 7.05 Å². The molecule has 3 N–H and O–H groups in total. The zero-order chi connectivity index (χ0) is 25.1. The number of nitrogens with zero attached hydrogens (tertiary/aromatic N) is 7. The van der Waals surface area contributed by atoms with E-state index in [-0.39, 0.29) is 30.2 Å². The maximum absolute atomic E-state index is 12.9. The summed E-state index contributed by atoms with van der Waals surface area (Å²) in [6.45, 7) is 2.44. The summed E-state index contributed by atoms with van der Waals surface area (Å²) in [6, 6.07) is 6.40. The van der Waals surface area contributed by atoms with E-state index in [1.54, 1.807) is 42.0 Å². The monoisotopic (exact) mass is 481 g/mol. The molecule has 1 saturated heterocycles. The third-order valence-electron chi connectivity index (χ3n) is 5.67. The number of amides is 3. The molecule has 1 atom stereocenters. The molecule has 1 aromatic carbocycles. The smallest absolute Gasteiger partial charge is 0.326 e. The van der Waals surface area contributed by atoms with Gasteiger partial charge in [-0.1, -0.05) is 6.07 Å². The molecular formula is C22H27N9O4. The average molecular weight is 482 g/mol. The second kappa shape index (κ2) is 9.93. The minimum absolute atomic E-state index is 0.0481. The van der Waals surface area contributed by atoms with Crippen LogP contribution in [0, 0.1) is 0 Å². The summed E-state index contributed by atoms with van der Waals surface area (Å²) in [7, 11) is 4.80. The van der Waals surface area contributed by atoms with Crippen molar-refractivity contribution in [2.75, 3.05) is 44.1 Å². The standard InChI is InChI=1S/C22H27N9O4/c1-13(11-32)30-8-9-31(22(30)34)17-10-16(18(27-26-17)21(33)23-2)25-15-7-5-6-14(19(15)35-4)20-24-12-29(3)28-20/h5-7,10,12-13,32H,8-9,11H2,1-4H3,(H,23,33)(H,25,26). The fraction of sp³-hybridized carbons (Fsp3) is 0.364. The van der Waals surface area contributed by atoms with Gasteiger partial charge in [-0.05, 0) is 19.1 Å². The Balaban J connectivity index is 1.73. The van der Waals surface area contributed by atoms with Crippen LogP contribution in [0.1, 0.15) is 17.4 Å². The summed E-state index contributed by atoms with van der Waals surface area (Å²) in [5.41, 5.74) is 1.59. The lowest BCUT2D eigenvalue weighted by Crippen LogP contribution is -2.40. The van der Waals surface area contributed by atoms with Gasteiger partial charge in [0.1, 0.15) is 6.33 Å². The largest absolute Gasteiger partial charge is 0.494 e. The van der Waals surface area contributed by atoms with Gasteiger partial charge in [0.15, 0.2) is 23.1 Å². The molecule has 4 rings (SSSR count). The van der Waals surface area contributed by atoms with Crippen molar-refractivity contribution < 1.29 is 19.4 Å². The van der Waals surface area contributed by atoms with Gasteiger partial charge in [-0.3, -0.25) is 14.4 Å². The number of aliphatic hydroxyl groups excluding tert-OH is 1. The Hall–Kier alpha value is -4.26. The van der Waals surface area contributed by atoms with Crippen LogP contribution in [0.15, 0.2) is 30.6 Å². The predicted molar refractivity (Wildman–Crippen MR) is 128 cm³/mol. The first-order chi connectivity index (χ1) is 16.9. The first-order valence-electron chi connectivity index (χ1n) is 11.0. The van der Waals surface area contributed by atoms with Crippen molar-refractivity contribution in [1.29, 1.82) is 0 Å². The second-order valence-electron chi connectivity index (χ2n) is 7.96. The van der Waals surface area contributed by atoms with E-state index in [2.05, 4.69) is 30.9 Å². The highest BCUT2D eigenvalue weighted by atomic mass is 16.5. The molecule has 1 fully saturated rings. The van der Waals surface area contributed by atoms with Crippen LogP contribution in [0.2, 0.25) is 0 Å². The van der Waals surface area contributed by atoms with Gasteiger partial charge in [-0.25, -0.2) is 9.78 Å². The topological polar surface area (TPSA) is 151 Å². The van der Waals surface area contributed by atoms with Crippen molar-refractivity contribution in [1.82, 2.24) is 35.2 Å².